The first-order valence-corrected chi connectivity index (χ1v) is 7.41. The van der Waals surface area contributed by atoms with Gasteiger partial charge in [0, 0.05) is 23.6 Å². The van der Waals surface area contributed by atoms with Crippen LogP contribution in [0.2, 0.25) is 10.0 Å². The molecule has 1 amide bonds. The third kappa shape index (κ3) is 4.48. The van der Waals surface area contributed by atoms with Gasteiger partial charge in [0.15, 0.2) is 6.61 Å². The third-order valence-electron chi connectivity index (χ3n) is 3.51. The van der Waals surface area contributed by atoms with Crippen molar-refractivity contribution in [1.29, 1.82) is 0 Å². The number of aliphatic hydroxyl groups is 2. The molecule has 116 valence electrons. The molecule has 0 spiro atoms. The largest absolute Gasteiger partial charge is 0.482 e. The minimum Gasteiger partial charge on any atom is -0.482 e. The van der Waals surface area contributed by atoms with Gasteiger partial charge in [0.05, 0.1) is 11.1 Å². The Labute approximate surface area is 132 Å². The summed E-state index contributed by atoms with van der Waals surface area (Å²) in [6, 6.07) is 4.61. The Kier molecular flexibility index (Phi) is 5.70. The number of halogens is 2. The normalized spacial score (nSPS) is 24.9. The van der Waals surface area contributed by atoms with Gasteiger partial charge in [-0.05, 0) is 31.0 Å². The number of nitrogens with one attached hydrogen (secondary N) is 1. The summed E-state index contributed by atoms with van der Waals surface area (Å²) in [5.41, 5.74) is 0. The molecule has 3 N–H and O–H groups in total. The van der Waals surface area contributed by atoms with E-state index in [9.17, 15) is 9.90 Å². The van der Waals surface area contributed by atoms with Gasteiger partial charge in [0.1, 0.15) is 5.75 Å². The van der Waals surface area contributed by atoms with Crippen LogP contribution in [0.4, 0.5) is 0 Å². The predicted molar refractivity (Wildman–Crippen MR) is 79.7 cm³/mol. The van der Waals surface area contributed by atoms with Gasteiger partial charge in [0.25, 0.3) is 5.91 Å². The van der Waals surface area contributed by atoms with E-state index in [0.717, 1.165) is 0 Å². The van der Waals surface area contributed by atoms with E-state index >= 15 is 0 Å². The van der Waals surface area contributed by atoms with Crippen LogP contribution in [0.25, 0.3) is 0 Å². The highest BCUT2D eigenvalue weighted by atomic mass is 35.5. The molecular formula is C14H17Cl2NO4. The number of hydrogen-bond donors (Lipinski definition) is 3. The lowest BCUT2D eigenvalue weighted by atomic mass is 10.1. The van der Waals surface area contributed by atoms with Gasteiger partial charge in [-0.2, -0.15) is 0 Å². The molecule has 0 bridgehead atoms. The topological polar surface area (TPSA) is 78.8 Å². The number of carbonyl (C=O) groups excluding carboxylic acids is 1. The van der Waals surface area contributed by atoms with E-state index in [1.807, 2.05) is 0 Å². The summed E-state index contributed by atoms with van der Waals surface area (Å²) in [6.45, 7) is -0.248. The van der Waals surface area contributed by atoms with Gasteiger partial charge in [-0.15, -0.1) is 0 Å². The molecule has 1 aliphatic rings. The number of ether oxygens (including phenoxy) is 1. The van der Waals surface area contributed by atoms with Gasteiger partial charge >= 0.3 is 0 Å². The second kappa shape index (κ2) is 7.31. The van der Waals surface area contributed by atoms with Crippen molar-refractivity contribution in [2.24, 2.45) is 5.92 Å². The fourth-order valence-electron chi connectivity index (χ4n) is 2.42. The van der Waals surface area contributed by atoms with Crippen LogP contribution in [-0.2, 0) is 4.79 Å². The maximum Gasteiger partial charge on any atom is 0.258 e. The van der Waals surface area contributed by atoms with E-state index in [0.29, 0.717) is 28.6 Å². The van der Waals surface area contributed by atoms with Crippen LogP contribution in [0.15, 0.2) is 18.2 Å². The number of hydrogen-bond acceptors (Lipinski definition) is 4. The lowest BCUT2D eigenvalue weighted by Crippen LogP contribution is -2.36. The molecule has 5 nitrogen and oxygen atoms in total. The van der Waals surface area contributed by atoms with Gasteiger partial charge in [-0.3, -0.25) is 4.79 Å². The summed E-state index contributed by atoms with van der Waals surface area (Å²) < 4.78 is 5.33. The van der Waals surface area contributed by atoms with Crippen LogP contribution in [0, 0.1) is 5.92 Å². The third-order valence-corrected chi connectivity index (χ3v) is 4.04. The van der Waals surface area contributed by atoms with Crippen LogP contribution >= 0.6 is 23.2 Å². The van der Waals surface area contributed by atoms with Crippen molar-refractivity contribution in [3.8, 4) is 5.75 Å². The SMILES string of the molecule is O=C(COc1ccc(Cl)cc1Cl)N[C@H]1C[C@@H](CO)[C@H](O)C1. The Bertz CT molecular complexity index is 512. The number of aliphatic hydroxyl groups excluding tert-OH is 2. The molecule has 2 rings (SSSR count). The van der Waals surface area contributed by atoms with Crippen molar-refractivity contribution >= 4 is 29.1 Å². The van der Waals surface area contributed by atoms with Crippen LogP contribution in [0.3, 0.4) is 0 Å². The number of rotatable bonds is 5. The van der Waals surface area contributed by atoms with Crippen molar-refractivity contribution in [3.63, 3.8) is 0 Å². The summed E-state index contributed by atoms with van der Waals surface area (Å²) in [5, 5.41) is 22.3. The quantitative estimate of drug-likeness (QED) is 0.765. The lowest BCUT2D eigenvalue weighted by Gasteiger charge is -2.13. The molecule has 0 unspecified atom stereocenters. The number of amides is 1. The zero-order chi connectivity index (χ0) is 15.4. The number of carbonyl (C=O) groups is 1. The van der Waals surface area contributed by atoms with Crippen molar-refractivity contribution < 1.29 is 19.7 Å². The molecule has 3 atom stereocenters. The maximum atomic E-state index is 11.8. The Balaban J connectivity index is 1.80. The van der Waals surface area contributed by atoms with E-state index < -0.39 is 6.10 Å². The highest BCUT2D eigenvalue weighted by Gasteiger charge is 2.33. The number of benzene rings is 1. The molecular weight excluding hydrogens is 317 g/mol. The van der Waals surface area contributed by atoms with Crippen molar-refractivity contribution in [1.82, 2.24) is 5.32 Å². The molecule has 0 saturated heterocycles. The molecule has 0 heterocycles. The summed E-state index contributed by atoms with van der Waals surface area (Å²) in [7, 11) is 0. The lowest BCUT2D eigenvalue weighted by molar-refractivity contribution is -0.123. The summed E-state index contributed by atoms with van der Waals surface area (Å²) in [5.74, 6) is -0.0883. The average molecular weight is 334 g/mol. The molecule has 7 heteroatoms. The fraction of sp³-hybridized carbons (Fsp3) is 0.500. The van der Waals surface area contributed by atoms with Gasteiger partial charge in [-0.1, -0.05) is 23.2 Å². The highest BCUT2D eigenvalue weighted by Crippen LogP contribution is 2.28. The average Bonchev–Trinajstić information content (AvgIpc) is 2.77. The zero-order valence-corrected chi connectivity index (χ0v) is 12.8. The van der Waals surface area contributed by atoms with Gasteiger partial charge in [0.2, 0.25) is 0 Å². The van der Waals surface area contributed by atoms with E-state index in [4.69, 9.17) is 33.0 Å². The minimum atomic E-state index is -0.577. The van der Waals surface area contributed by atoms with E-state index in [1.165, 1.54) is 6.07 Å². The molecule has 1 aliphatic carbocycles. The van der Waals surface area contributed by atoms with Crippen LogP contribution < -0.4 is 10.1 Å². The molecule has 0 radical (unpaired) electrons. The molecule has 1 fully saturated rings. The van der Waals surface area contributed by atoms with Crippen molar-refractivity contribution in [3.05, 3.63) is 28.2 Å². The second-order valence-electron chi connectivity index (χ2n) is 5.11. The molecule has 21 heavy (non-hydrogen) atoms. The van der Waals surface area contributed by atoms with E-state index in [1.54, 1.807) is 12.1 Å². The second-order valence-corrected chi connectivity index (χ2v) is 5.95. The van der Waals surface area contributed by atoms with E-state index in [-0.39, 0.29) is 31.1 Å². The van der Waals surface area contributed by atoms with Gasteiger partial charge < -0.3 is 20.3 Å². The fourth-order valence-corrected chi connectivity index (χ4v) is 2.88. The first-order chi connectivity index (χ1) is 9.99. The first kappa shape index (κ1) is 16.4. The van der Waals surface area contributed by atoms with Crippen molar-refractivity contribution in [2.75, 3.05) is 13.2 Å². The Morgan fingerprint density at radius 2 is 2.14 bits per heavy atom. The highest BCUT2D eigenvalue weighted by molar-refractivity contribution is 6.35. The van der Waals surface area contributed by atoms with Crippen LogP contribution in [0.5, 0.6) is 5.75 Å². The van der Waals surface area contributed by atoms with Crippen molar-refractivity contribution in [2.45, 2.75) is 25.0 Å². The smallest absolute Gasteiger partial charge is 0.258 e. The predicted octanol–water partition coefficient (Wildman–Crippen LogP) is 1.62. The van der Waals surface area contributed by atoms with Crippen LogP contribution in [-0.4, -0.2) is 41.5 Å². The standard InChI is InChI=1S/C14H17Cl2NO4/c15-9-1-2-13(11(16)4-9)21-7-14(20)17-10-3-8(6-18)12(19)5-10/h1-2,4,8,10,12,18-19H,3,5-7H2,(H,17,20)/t8-,10-,12+/m0/s1. The molecule has 0 aliphatic heterocycles. The Morgan fingerprint density at radius 1 is 1.38 bits per heavy atom. The summed E-state index contributed by atoms with van der Waals surface area (Å²) >= 11 is 11.7. The minimum absolute atomic E-state index is 0.0789. The zero-order valence-electron chi connectivity index (χ0n) is 11.3. The Hall–Kier alpha value is -1.01. The molecule has 1 aromatic carbocycles. The molecule has 1 aromatic rings. The molecule has 1 saturated carbocycles. The van der Waals surface area contributed by atoms with Gasteiger partial charge in [-0.25, -0.2) is 0 Å². The first-order valence-electron chi connectivity index (χ1n) is 6.65. The van der Waals surface area contributed by atoms with Crippen LogP contribution in [0.1, 0.15) is 12.8 Å². The maximum absolute atomic E-state index is 11.8. The summed E-state index contributed by atoms with van der Waals surface area (Å²) in [4.78, 5) is 11.8. The van der Waals surface area contributed by atoms with E-state index in [2.05, 4.69) is 5.32 Å². The molecule has 0 aromatic heterocycles. The summed E-state index contributed by atoms with van der Waals surface area (Å²) in [6.07, 6.45) is 0.427. The Morgan fingerprint density at radius 3 is 2.76 bits per heavy atom. The monoisotopic (exact) mass is 333 g/mol.